The zero-order valence-electron chi connectivity index (χ0n) is 17.2. The van der Waals surface area contributed by atoms with Crippen LogP contribution in [0.1, 0.15) is 29.5 Å². The van der Waals surface area contributed by atoms with Gasteiger partial charge in [-0.25, -0.2) is 4.79 Å². The molecule has 2 atom stereocenters. The Morgan fingerprint density at radius 3 is 2.62 bits per heavy atom. The second-order valence-corrected chi connectivity index (χ2v) is 7.19. The number of carbonyl (C=O) groups is 4. The van der Waals surface area contributed by atoms with Gasteiger partial charge in [0.1, 0.15) is 5.76 Å². The van der Waals surface area contributed by atoms with Crippen molar-refractivity contribution in [2.45, 2.75) is 32.4 Å². The molecule has 0 bridgehead atoms. The molecule has 1 aliphatic rings. The molecule has 0 aliphatic carbocycles. The van der Waals surface area contributed by atoms with Crippen LogP contribution < -0.4 is 10.6 Å². The number of carboxylic acids is 1. The first-order valence-electron chi connectivity index (χ1n) is 9.48. The number of aromatic nitrogens is 1. The number of nitrogens with zero attached hydrogens (tertiary/aromatic N) is 2. The van der Waals surface area contributed by atoms with Crippen LogP contribution in [0.4, 0.5) is 4.79 Å². The molecular weight excluding hydrogens is 427 g/mol. The third-order valence-corrected chi connectivity index (χ3v) is 4.91. The van der Waals surface area contributed by atoms with Crippen LogP contribution in [0.5, 0.6) is 0 Å². The summed E-state index contributed by atoms with van der Waals surface area (Å²) in [4.78, 5) is 49.2. The first kappa shape index (κ1) is 25.3. The van der Waals surface area contributed by atoms with Gasteiger partial charge in [0.05, 0.1) is 18.2 Å². The van der Waals surface area contributed by atoms with Gasteiger partial charge in [-0.1, -0.05) is 23.4 Å². The molecule has 0 fully saturated rings. The van der Waals surface area contributed by atoms with E-state index in [1.165, 1.54) is 24.2 Å². The number of ketones is 1. The van der Waals surface area contributed by atoms with E-state index in [2.05, 4.69) is 15.8 Å². The molecule has 32 heavy (non-hydrogen) atoms. The van der Waals surface area contributed by atoms with E-state index in [0.29, 0.717) is 17.0 Å². The third-order valence-electron chi connectivity index (χ3n) is 4.91. The summed E-state index contributed by atoms with van der Waals surface area (Å²) < 4.78 is 5.20. The van der Waals surface area contributed by atoms with Crippen molar-refractivity contribution < 1.29 is 28.8 Å². The van der Waals surface area contributed by atoms with Crippen molar-refractivity contribution in [2.75, 3.05) is 7.05 Å². The summed E-state index contributed by atoms with van der Waals surface area (Å²) in [5.41, 5.74) is 2.76. The minimum atomic E-state index is -1.37. The van der Waals surface area contributed by atoms with Crippen molar-refractivity contribution in [3.05, 3.63) is 53.6 Å². The second kappa shape index (κ2) is 10.6. The fraction of sp³-hybridized carbons (Fsp3) is 0.286. The third kappa shape index (κ3) is 5.64. The standard InChI is InChI=1S/C21H22N4O6.Na.H/c1-11-18(12(2)31-24-11)14-6-4-5-13(9-14)15(10-17(27)28)22-21(30)23-19-16(26)7-8-25(3)20(19)29;;/h4-9,15,19H,10H2,1-3H3,(H,27,28)(H2,22,23,30);;. The monoisotopic (exact) mass is 450 g/mol. The molecule has 164 valence electrons. The molecule has 1 aromatic heterocycles. The van der Waals surface area contributed by atoms with Gasteiger partial charge in [0, 0.05) is 24.9 Å². The number of hydrogen-bond donors (Lipinski definition) is 3. The Hall–Kier alpha value is -2.95. The summed E-state index contributed by atoms with van der Waals surface area (Å²) in [6, 6.07) is 3.89. The van der Waals surface area contributed by atoms with E-state index in [4.69, 9.17) is 4.52 Å². The normalized spacial score (nSPS) is 16.3. The van der Waals surface area contributed by atoms with Gasteiger partial charge in [-0.15, -0.1) is 0 Å². The van der Waals surface area contributed by atoms with Gasteiger partial charge in [-0.2, -0.15) is 0 Å². The first-order chi connectivity index (χ1) is 14.7. The van der Waals surface area contributed by atoms with Gasteiger partial charge >= 0.3 is 41.6 Å². The summed E-state index contributed by atoms with van der Waals surface area (Å²) in [6.07, 6.45) is 2.10. The summed E-state index contributed by atoms with van der Waals surface area (Å²) in [6.45, 7) is 3.56. The zero-order valence-corrected chi connectivity index (χ0v) is 17.2. The number of carbonyl (C=O) groups excluding carboxylic acids is 3. The minimum absolute atomic E-state index is 0. The Labute approximate surface area is 206 Å². The molecular formula is C21H23N4NaO6. The molecule has 3 rings (SSSR count). The van der Waals surface area contributed by atoms with Gasteiger partial charge < -0.3 is 25.2 Å². The molecule has 11 heteroatoms. The Morgan fingerprint density at radius 2 is 2.00 bits per heavy atom. The van der Waals surface area contributed by atoms with Crippen LogP contribution in [-0.2, 0) is 14.4 Å². The van der Waals surface area contributed by atoms with E-state index < -0.39 is 42.2 Å². The molecule has 1 aliphatic heterocycles. The fourth-order valence-corrected chi connectivity index (χ4v) is 3.38. The molecule has 0 saturated heterocycles. The Balaban J connectivity index is 0.00000363. The molecule has 0 spiro atoms. The van der Waals surface area contributed by atoms with E-state index in [1.807, 2.05) is 6.07 Å². The number of aryl methyl sites for hydroxylation is 2. The number of carboxylic acid groups (broad SMARTS) is 1. The fourth-order valence-electron chi connectivity index (χ4n) is 3.38. The average molecular weight is 450 g/mol. The number of nitrogens with one attached hydrogen (secondary N) is 2. The Morgan fingerprint density at radius 1 is 1.28 bits per heavy atom. The number of aliphatic carboxylic acids is 1. The molecule has 2 aromatic rings. The van der Waals surface area contributed by atoms with E-state index >= 15 is 0 Å². The quantitative estimate of drug-likeness (QED) is 0.441. The SMILES string of the molecule is Cc1noc(C)c1-c1cccc(C(CC(=O)O)NC(=O)NC2C(=O)C=CN(C)C2=O)c1.[NaH]. The molecule has 1 aromatic carbocycles. The van der Waals surface area contributed by atoms with Crippen molar-refractivity contribution in [3.8, 4) is 11.1 Å². The number of rotatable bonds is 6. The maximum atomic E-state index is 12.5. The molecule has 0 saturated carbocycles. The maximum absolute atomic E-state index is 12.5. The van der Waals surface area contributed by atoms with E-state index in [9.17, 15) is 24.3 Å². The number of urea groups is 1. The van der Waals surface area contributed by atoms with Crippen LogP contribution in [0.15, 0.2) is 41.1 Å². The number of likely N-dealkylation sites (N-methyl/N-ethyl adjacent to an activating group) is 1. The molecule has 3 N–H and O–H groups in total. The van der Waals surface area contributed by atoms with E-state index in [-0.39, 0.29) is 29.6 Å². The summed E-state index contributed by atoms with van der Waals surface area (Å²) >= 11 is 0. The van der Waals surface area contributed by atoms with Crippen molar-refractivity contribution in [1.82, 2.24) is 20.7 Å². The van der Waals surface area contributed by atoms with Crippen LogP contribution in [-0.4, -0.2) is 81.5 Å². The van der Waals surface area contributed by atoms with Crippen LogP contribution in [0.2, 0.25) is 0 Å². The van der Waals surface area contributed by atoms with Crippen LogP contribution >= 0.6 is 0 Å². The first-order valence-corrected chi connectivity index (χ1v) is 9.48. The molecule has 10 nitrogen and oxygen atoms in total. The number of benzene rings is 1. The molecule has 2 heterocycles. The van der Waals surface area contributed by atoms with Gasteiger partial charge in [0.25, 0.3) is 5.91 Å². The van der Waals surface area contributed by atoms with Crippen molar-refractivity contribution in [1.29, 1.82) is 0 Å². The van der Waals surface area contributed by atoms with Gasteiger partial charge in [0.15, 0.2) is 11.8 Å². The average Bonchev–Trinajstić information content (AvgIpc) is 3.05. The zero-order chi connectivity index (χ0) is 22.7. The summed E-state index contributed by atoms with van der Waals surface area (Å²) in [7, 11) is 1.46. The van der Waals surface area contributed by atoms with Gasteiger partial charge in [-0.3, -0.25) is 14.4 Å². The van der Waals surface area contributed by atoms with Crippen LogP contribution in [0.25, 0.3) is 11.1 Å². The predicted octanol–water partition coefficient (Wildman–Crippen LogP) is 1.05. The number of hydrogen-bond acceptors (Lipinski definition) is 6. The van der Waals surface area contributed by atoms with Crippen LogP contribution in [0, 0.1) is 13.8 Å². The molecule has 3 amide bonds. The van der Waals surface area contributed by atoms with Crippen molar-refractivity contribution in [2.24, 2.45) is 0 Å². The number of amides is 3. The van der Waals surface area contributed by atoms with E-state index in [1.54, 1.807) is 32.0 Å². The topological polar surface area (TPSA) is 142 Å². The Kier molecular flexibility index (Phi) is 8.37. The van der Waals surface area contributed by atoms with Gasteiger partial charge in [0.2, 0.25) is 0 Å². The predicted molar refractivity (Wildman–Crippen MR) is 116 cm³/mol. The summed E-state index contributed by atoms with van der Waals surface area (Å²) in [5.74, 6) is -1.66. The van der Waals surface area contributed by atoms with Crippen molar-refractivity contribution >= 4 is 53.2 Å². The van der Waals surface area contributed by atoms with Gasteiger partial charge in [-0.05, 0) is 31.0 Å². The molecule has 2 unspecified atom stereocenters. The van der Waals surface area contributed by atoms with Crippen molar-refractivity contribution in [3.63, 3.8) is 0 Å². The summed E-state index contributed by atoms with van der Waals surface area (Å²) in [5, 5.41) is 18.1. The Bertz CT molecular complexity index is 1060. The second-order valence-electron chi connectivity index (χ2n) is 7.19. The van der Waals surface area contributed by atoms with Crippen LogP contribution in [0.3, 0.4) is 0 Å². The van der Waals surface area contributed by atoms with E-state index in [0.717, 1.165) is 11.1 Å². The molecule has 0 radical (unpaired) electrons.